The second-order valence-corrected chi connectivity index (χ2v) is 4.19. The fraction of sp³-hybridized carbons (Fsp3) is 0.727. The highest BCUT2D eigenvalue weighted by molar-refractivity contribution is 5.80. The summed E-state index contributed by atoms with van der Waals surface area (Å²) in [5.74, 6) is 0.948. The Morgan fingerprint density at radius 1 is 1.69 bits per heavy atom. The van der Waals surface area contributed by atoms with Crippen molar-refractivity contribution < 1.29 is 9.53 Å². The summed E-state index contributed by atoms with van der Waals surface area (Å²) in [6.07, 6.45) is 5.79. The molecule has 16 heavy (non-hydrogen) atoms. The third-order valence-electron chi connectivity index (χ3n) is 2.93. The summed E-state index contributed by atoms with van der Waals surface area (Å²) in [5, 5.41) is 3.94. The standard InChI is InChI=1S/C11H17N3O2/c1-14-11(12-8-13-14)7-9(15)4-5-10-3-2-6-16-10/h8,10H,2-7H2,1H3. The molecule has 2 heterocycles. The van der Waals surface area contributed by atoms with Gasteiger partial charge in [0.15, 0.2) is 0 Å². The van der Waals surface area contributed by atoms with Crippen LogP contribution in [0.25, 0.3) is 0 Å². The van der Waals surface area contributed by atoms with Crippen LogP contribution in [0.1, 0.15) is 31.5 Å². The lowest BCUT2D eigenvalue weighted by atomic mass is 10.1. The van der Waals surface area contributed by atoms with E-state index in [2.05, 4.69) is 10.1 Å². The van der Waals surface area contributed by atoms with Crippen molar-refractivity contribution in [2.75, 3.05) is 6.61 Å². The molecule has 0 saturated carbocycles. The molecule has 5 heteroatoms. The second-order valence-electron chi connectivity index (χ2n) is 4.19. The Kier molecular flexibility index (Phi) is 3.66. The van der Waals surface area contributed by atoms with Gasteiger partial charge in [0.25, 0.3) is 0 Å². The van der Waals surface area contributed by atoms with E-state index in [4.69, 9.17) is 4.74 Å². The summed E-state index contributed by atoms with van der Waals surface area (Å²) in [4.78, 5) is 15.7. The van der Waals surface area contributed by atoms with Gasteiger partial charge < -0.3 is 4.74 Å². The van der Waals surface area contributed by atoms with Crippen molar-refractivity contribution in [3.05, 3.63) is 12.2 Å². The van der Waals surface area contributed by atoms with Crippen molar-refractivity contribution in [1.29, 1.82) is 0 Å². The van der Waals surface area contributed by atoms with E-state index in [1.165, 1.54) is 6.33 Å². The second kappa shape index (κ2) is 5.21. The molecule has 1 unspecified atom stereocenters. The zero-order valence-corrected chi connectivity index (χ0v) is 9.56. The summed E-state index contributed by atoms with van der Waals surface area (Å²) >= 11 is 0. The maximum atomic E-state index is 11.7. The molecule has 0 radical (unpaired) electrons. The normalized spacial score (nSPS) is 20.2. The monoisotopic (exact) mass is 223 g/mol. The third kappa shape index (κ3) is 2.88. The lowest BCUT2D eigenvalue weighted by Gasteiger charge is -2.07. The van der Waals surface area contributed by atoms with E-state index in [1.54, 1.807) is 11.7 Å². The molecule has 1 aromatic rings. The Bertz CT molecular complexity index is 356. The first-order valence-electron chi connectivity index (χ1n) is 5.72. The van der Waals surface area contributed by atoms with Gasteiger partial charge in [-0.05, 0) is 19.3 Å². The number of carbonyl (C=O) groups is 1. The lowest BCUT2D eigenvalue weighted by molar-refractivity contribution is -0.119. The molecule has 88 valence electrons. The number of aromatic nitrogens is 3. The molecule has 2 rings (SSSR count). The summed E-state index contributed by atoms with van der Waals surface area (Å²) in [6, 6.07) is 0. The molecule has 0 N–H and O–H groups in total. The molecule has 5 nitrogen and oxygen atoms in total. The maximum absolute atomic E-state index is 11.7. The van der Waals surface area contributed by atoms with E-state index in [0.29, 0.717) is 18.9 Å². The first-order chi connectivity index (χ1) is 7.75. The van der Waals surface area contributed by atoms with Gasteiger partial charge in [0.1, 0.15) is 17.9 Å². The fourth-order valence-electron chi connectivity index (χ4n) is 1.94. The SMILES string of the molecule is Cn1ncnc1CC(=O)CCC1CCCO1. The predicted octanol–water partition coefficient (Wildman–Crippen LogP) is 0.886. The molecule has 0 aromatic carbocycles. The minimum atomic E-state index is 0.214. The van der Waals surface area contributed by atoms with Gasteiger partial charge in [0, 0.05) is 20.1 Å². The Hall–Kier alpha value is -1.23. The van der Waals surface area contributed by atoms with Crippen LogP contribution in [-0.4, -0.2) is 33.3 Å². The van der Waals surface area contributed by atoms with E-state index in [-0.39, 0.29) is 5.78 Å². The third-order valence-corrected chi connectivity index (χ3v) is 2.93. The van der Waals surface area contributed by atoms with E-state index >= 15 is 0 Å². The predicted molar refractivity (Wildman–Crippen MR) is 57.9 cm³/mol. The first-order valence-corrected chi connectivity index (χ1v) is 5.72. The summed E-state index contributed by atoms with van der Waals surface area (Å²) in [5.41, 5.74) is 0. The minimum Gasteiger partial charge on any atom is -0.378 e. The van der Waals surface area contributed by atoms with Crippen LogP contribution in [0.3, 0.4) is 0 Å². The van der Waals surface area contributed by atoms with Gasteiger partial charge in [0.05, 0.1) is 12.5 Å². The van der Waals surface area contributed by atoms with Crippen molar-refractivity contribution in [1.82, 2.24) is 14.8 Å². The number of ether oxygens (including phenoxy) is 1. The highest BCUT2D eigenvalue weighted by atomic mass is 16.5. The summed E-state index contributed by atoms with van der Waals surface area (Å²) in [7, 11) is 1.80. The van der Waals surface area contributed by atoms with Crippen molar-refractivity contribution in [2.24, 2.45) is 7.05 Å². The Balaban J connectivity index is 1.74. The molecule has 1 aromatic heterocycles. The van der Waals surface area contributed by atoms with Crippen molar-refractivity contribution in [3.63, 3.8) is 0 Å². The highest BCUT2D eigenvalue weighted by Gasteiger charge is 2.17. The number of rotatable bonds is 5. The number of Topliss-reactive ketones (excluding diaryl/α,β-unsaturated/α-hetero) is 1. The molecule has 1 saturated heterocycles. The van der Waals surface area contributed by atoms with Gasteiger partial charge in [-0.3, -0.25) is 9.48 Å². The fourth-order valence-corrected chi connectivity index (χ4v) is 1.94. The van der Waals surface area contributed by atoms with Gasteiger partial charge in [-0.2, -0.15) is 5.10 Å². The maximum Gasteiger partial charge on any atom is 0.140 e. The molecule has 1 atom stereocenters. The molecule has 1 aliphatic rings. The van der Waals surface area contributed by atoms with Crippen LogP contribution in [0.5, 0.6) is 0 Å². The number of hydrogen-bond acceptors (Lipinski definition) is 4. The molecule has 0 amide bonds. The Morgan fingerprint density at radius 2 is 2.56 bits per heavy atom. The number of ketones is 1. The molecule has 1 fully saturated rings. The number of carbonyl (C=O) groups excluding carboxylic acids is 1. The zero-order valence-electron chi connectivity index (χ0n) is 9.56. The topological polar surface area (TPSA) is 57.0 Å². The summed E-state index contributed by atoms with van der Waals surface area (Å²) < 4.78 is 7.12. The Labute approximate surface area is 94.8 Å². The van der Waals surface area contributed by atoms with Crippen LogP contribution in [0.2, 0.25) is 0 Å². The first kappa shape index (κ1) is 11.3. The number of hydrogen-bond donors (Lipinski definition) is 0. The van der Waals surface area contributed by atoms with Gasteiger partial charge in [-0.1, -0.05) is 0 Å². The van der Waals surface area contributed by atoms with Crippen LogP contribution < -0.4 is 0 Å². The van der Waals surface area contributed by atoms with Crippen molar-refractivity contribution in [3.8, 4) is 0 Å². The smallest absolute Gasteiger partial charge is 0.140 e. The van der Waals surface area contributed by atoms with Crippen molar-refractivity contribution in [2.45, 2.75) is 38.2 Å². The van der Waals surface area contributed by atoms with Crippen LogP contribution in [0.15, 0.2) is 6.33 Å². The van der Waals surface area contributed by atoms with Crippen LogP contribution in [0, 0.1) is 0 Å². The van der Waals surface area contributed by atoms with E-state index in [9.17, 15) is 4.79 Å². The van der Waals surface area contributed by atoms with Crippen LogP contribution in [-0.2, 0) is 23.0 Å². The van der Waals surface area contributed by atoms with Gasteiger partial charge in [-0.25, -0.2) is 4.98 Å². The molecule has 0 bridgehead atoms. The molecular formula is C11H17N3O2. The van der Waals surface area contributed by atoms with Gasteiger partial charge in [0.2, 0.25) is 0 Å². The number of nitrogens with zero attached hydrogens (tertiary/aromatic N) is 3. The Morgan fingerprint density at radius 3 is 3.19 bits per heavy atom. The molecular weight excluding hydrogens is 206 g/mol. The van der Waals surface area contributed by atoms with Crippen LogP contribution in [0.4, 0.5) is 0 Å². The largest absolute Gasteiger partial charge is 0.378 e. The molecule has 0 spiro atoms. The average Bonchev–Trinajstić information content (AvgIpc) is 2.88. The molecule has 1 aliphatic heterocycles. The minimum absolute atomic E-state index is 0.214. The molecule has 0 aliphatic carbocycles. The average molecular weight is 223 g/mol. The zero-order chi connectivity index (χ0) is 11.4. The lowest BCUT2D eigenvalue weighted by Crippen LogP contribution is -2.12. The van der Waals surface area contributed by atoms with E-state index in [0.717, 1.165) is 31.7 Å². The van der Waals surface area contributed by atoms with E-state index < -0.39 is 0 Å². The highest BCUT2D eigenvalue weighted by Crippen LogP contribution is 2.17. The van der Waals surface area contributed by atoms with Crippen molar-refractivity contribution >= 4 is 5.78 Å². The quantitative estimate of drug-likeness (QED) is 0.743. The van der Waals surface area contributed by atoms with Crippen LogP contribution >= 0.6 is 0 Å². The summed E-state index contributed by atoms with van der Waals surface area (Å²) in [6.45, 7) is 0.849. The van der Waals surface area contributed by atoms with Gasteiger partial charge in [-0.15, -0.1) is 0 Å². The number of aryl methyl sites for hydroxylation is 1. The van der Waals surface area contributed by atoms with E-state index in [1.807, 2.05) is 0 Å². The van der Waals surface area contributed by atoms with Gasteiger partial charge >= 0.3 is 0 Å².